The lowest BCUT2D eigenvalue weighted by molar-refractivity contribution is 0.0988. The molecular formula is C23H18Cl2FN3O2. The smallest absolute Gasteiger partial charge is 0.257 e. The van der Waals surface area contributed by atoms with E-state index in [9.17, 15) is 14.0 Å². The summed E-state index contributed by atoms with van der Waals surface area (Å²) in [5.41, 5.74) is 1.80. The fourth-order valence-electron chi connectivity index (χ4n) is 2.91. The van der Waals surface area contributed by atoms with Gasteiger partial charge in [0.25, 0.3) is 5.91 Å². The Labute approximate surface area is 188 Å². The van der Waals surface area contributed by atoms with Crippen LogP contribution in [0.5, 0.6) is 0 Å². The molecule has 8 heteroatoms. The fourth-order valence-corrected chi connectivity index (χ4v) is 3.20. The molecule has 0 spiro atoms. The molecule has 1 aromatic heterocycles. The van der Waals surface area contributed by atoms with Gasteiger partial charge in [-0.05, 0) is 54.4 Å². The predicted molar refractivity (Wildman–Crippen MR) is 121 cm³/mol. The zero-order valence-corrected chi connectivity index (χ0v) is 18.3. The summed E-state index contributed by atoms with van der Waals surface area (Å²) < 4.78 is 14.5. The Bertz CT molecular complexity index is 1180. The molecule has 0 saturated carbocycles. The predicted octanol–water partition coefficient (Wildman–Crippen LogP) is 5.64. The maximum Gasteiger partial charge on any atom is 0.257 e. The summed E-state index contributed by atoms with van der Waals surface area (Å²) in [5.74, 6) is -1.31. The van der Waals surface area contributed by atoms with E-state index in [-0.39, 0.29) is 17.5 Å². The molecule has 0 saturated heterocycles. The molecule has 1 heterocycles. The summed E-state index contributed by atoms with van der Waals surface area (Å²) in [6.45, 7) is 1.75. The van der Waals surface area contributed by atoms with Crippen LogP contribution in [0.2, 0.25) is 10.0 Å². The van der Waals surface area contributed by atoms with E-state index in [2.05, 4.69) is 15.3 Å². The summed E-state index contributed by atoms with van der Waals surface area (Å²) in [5, 5.41) is 3.40. The van der Waals surface area contributed by atoms with E-state index in [1.165, 1.54) is 24.4 Å². The second kappa shape index (κ2) is 9.81. The number of ketones is 1. The molecule has 0 radical (unpaired) electrons. The number of carbonyl (C=O) groups is 2. The Kier molecular flexibility index (Phi) is 7.15. The highest BCUT2D eigenvalue weighted by Crippen LogP contribution is 2.21. The van der Waals surface area contributed by atoms with Crippen LogP contribution in [0.15, 0.2) is 59.7 Å². The number of hydrogen-bond donors (Lipinski definition) is 1. The van der Waals surface area contributed by atoms with Crippen molar-refractivity contribution >= 4 is 46.4 Å². The van der Waals surface area contributed by atoms with Gasteiger partial charge in [0.1, 0.15) is 11.6 Å². The van der Waals surface area contributed by atoms with Gasteiger partial charge in [0.15, 0.2) is 5.78 Å². The van der Waals surface area contributed by atoms with Crippen molar-refractivity contribution in [2.45, 2.75) is 13.3 Å². The summed E-state index contributed by atoms with van der Waals surface area (Å²) in [7, 11) is 1.61. The number of anilines is 1. The van der Waals surface area contributed by atoms with Crippen molar-refractivity contribution in [2.75, 3.05) is 12.4 Å². The van der Waals surface area contributed by atoms with E-state index in [0.717, 1.165) is 0 Å². The fraction of sp³-hybridized carbons (Fsp3) is 0.130. The van der Waals surface area contributed by atoms with Gasteiger partial charge in [-0.25, -0.2) is 9.37 Å². The first-order chi connectivity index (χ1) is 14.8. The van der Waals surface area contributed by atoms with Crippen molar-refractivity contribution in [3.63, 3.8) is 0 Å². The molecule has 0 aliphatic carbocycles. The van der Waals surface area contributed by atoms with Crippen LogP contribution in [-0.2, 0) is 6.42 Å². The van der Waals surface area contributed by atoms with Gasteiger partial charge in [0.05, 0.1) is 10.6 Å². The van der Waals surface area contributed by atoms with Gasteiger partial charge >= 0.3 is 0 Å². The first kappa shape index (κ1) is 22.6. The van der Waals surface area contributed by atoms with Gasteiger partial charge in [-0.1, -0.05) is 35.3 Å². The van der Waals surface area contributed by atoms with E-state index in [1.54, 1.807) is 44.3 Å². The number of rotatable bonds is 6. The van der Waals surface area contributed by atoms with E-state index in [4.69, 9.17) is 23.2 Å². The van der Waals surface area contributed by atoms with Gasteiger partial charge in [-0.3, -0.25) is 14.6 Å². The van der Waals surface area contributed by atoms with Gasteiger partial charge in [0, 0.05) is 36.0 Å². The van der Waals surface area contributed by atoms with Crippen LogP contribution in [0.1, 0.15) is 38.8 Å². The average Bonchev–Trinajstić information content (AvgIpc) is 2.75. The number of hydrogen-bond acceptors (Lipinski definition) is 4. The zero-order chi connectivity index (χ0) is 22.5. The van der Waals surface area contributed by atoms with Crippen LogP contribution in [0, 0.1) is 5.82 Å². The Hall–Kier alpha value is -3.09. The summed E-state index contributed by atoms with van der Waals surface area (Å²) >= 11 is 11.9. The summed E-state index contributed by atoms with van der Waals surface area (Å²) in [6, 6.07) is 12.1. The highest BCUT2D eigenvalue weighted by Gasteiger charge is 2.19. The lowest BCUT2D eigenvalue weighted by Crippen LogP contribution is -2.17. The van der Waals surface area contributed by atoms with Crippen molar-refractivity contribution < 1.29 is 14.0 Å². The molecule has 1 amide bonds. The quantitative estimate of drug-likeness (QED) is 0.384. The molecule has 0 aliphatic rings. The molecule has 0 aliphatic heterocycles. The van der Waals surface area contributed by atoms with Crippen LogP contribution in [0.4, 0.5) is 10.2 Å². The number of nitrogens with zero attached hydrogens (tertiary/aromatic N) is 2. The number of carbonyl (C=O) groups excluding carboxylic acids is 2. The highest BCUT2D eigenvalue weighted by atomic mass is 35.5. The SMILES string of the molecule is CN=C(C)c1ccc(C(=O)Cc2ccc(Cl)cc2C(=O)Nc2ccc(Cl)cn2)c(F)c1. The molecule has 0 fully saturated rings. The Morgan fingerprint density at radius 2 is 1.77 bits per heavy atom. The number of halogens is 3. The Morgan fingerprint density at radius 1 is 1.03 bits per heavy atom. The zero-order valence-electron chi connectivity index (χ0n) is 16.7. The maximum atomic E-state index is 14.5. The number of amides is 1. The van der Waals surface area contributed by atoms with Gasteiger partial charge in [-0.15, -0.1) is 0 Å². The first-order valence-electron chi connectivity index (χ1n) is 9.26. The van der Waals surface area contributed by atoms with Gasteiger partial charge in [0.2, 0.25) is 0 Å². The summed E-state index contributed by atoms with van der Waals surface area (Å²) in [6.07, 6.45) is 1.22. The minimum Gasteiger partial charge on any atom is -0.307 e. The van der Waals surface area contributed by atoms with E-state index in [1.807, 2.05) is 0 Å². The van der Waals surface area contributed by atoms with Crippen molar-refractivity contribution in [1.29, 1.82) is 0 Å². The molecular weight excluding hydrogens is 440 g/mol. The van der Waals surface area contributed by atoms with E-state index < -0.39 is 17.5 Å². The van der Waals surface area contributed by atoms with Crippen molar-refractivity contribution in [1.82, 2.24) is 4.98 Å². The summed E-state index contributed by atoms with van der Waals surface area (Å²) in [4.78, 5) is 33.6. The number of benzene rings is 2. The lowest BCUT2D eigenvalue weighted by atomic mass is 9.97. The second-order valence-corrected chi connectivity index (χ2v) is 7.59. The molecule has 5 nitrogen and oxygen atoms in total. The van der Waals surface area contributed by atoms with Crippen LogP contribution in [-0.4, -0.2) is 29.4 Å². The molecule has 1 N–H and O–H groups in total. The molecule has 2 aromatic carbocycles. The Morgan fingerprint density at radius 3 is 2.42 bits per heavy atom. The number of aromatic nitrogens is 1. The van der Waals surface area contributed by atoms with E-state index in [0.29, 0.717) is 32.7 Å². The second-order valence-electron chi connectivity index (χ2n) is 6.72. The monoisotopic (exact) mass is 457 g/mol. The number of Topliss-reactive ketones (excluding diaryl/α,β-unsaturated/α-hetero) is 1. The number of aliphatic imine (C=N–C) groups is 1. The van der Waals surface area contributed by atoms with Crippen LogP contribution in [0.3, 0.4) is 0 Å². The van der Waals surface area contributed by atoms with Crippen molar-refractivity contribution in [3.8, 4) is 0 Å². The number of pyridine rings is 1. The van der Waals surface area contributed by atoms with E-state index >= 15 is 0 Å². The molecule has 31 heavy (non-hydrogen) atoms. The van der Waals surface area contributed by atoms with Crippen molar-refractivity contribution in [2.24, 2.45) is 4.99 Å². The lowest BCUT2D eigenvalue weighted by Gasteiger charge is -2.11. The minimum absolute atomic E-state index is 0.0617. The molecule has 0 bridgehead atoms. The first-order valence-corrected chi connectivity index (χ1v) is 10.0. The Balaban J connectivity index is 1.86. The van der Waals surface area contributed by atoms with Crippen LogP contribution >= 0.6 is 23.2 Å². The standard InChI is InChI=1S/C23H18Cl2FN3O2/c1-13(27-2)14-4-7-18(20(26)9-14)21(30)10-15-3-5-16(24)11-19(15)23(31)29-22-8-6-17(25)12-28-22/h3-9,11-12H,10H2,1-2H3,(H,28,29,31). The third-order valence-corrected chi connectivity index (χ3v) is 5.12. The van der Waals surface area contributed by atoms with Gasteiger partial charge in [-0.2, -0.15) is 0 Å². The topological polar surface area (TPSA) is 71.4 Å². The van der Waals surface area contributed by atoms with Crippen LogP contribution in [0.25, 0.3) is 0 Å². The van der Waals surface area contributed by atoms with Gasteiger partial charge < -0.3 is 5.32 Å². The third kappa shape index (κ3) is 5.54. The maximum absolute atomic E-state index is 14.5. The third-order valence-electron chi connectivity index (χ3n) is 4.66. The normalized spacial score (nSPS) is 11.3. The van der Waals surface area contributed by atoms with Crippen molar-refractivity contribution in [3.05, 3.63) is 92.8 Å². The molecule has 3 rings (SSSR count). The molecule has 0 unspecified atom stereocenters. The average molecular weight is 458 g/mol. The highest BCUT2D eigenvalue weighted by molar-refractivity contribution is 6.31. The molecule has 0 atom stereocenters. The molecule has 3 aromatic rings. The molecule has 158 valence electrons. The minimum atomic E-state index is -0.643. The number of nitrogens with one attached hydrogen (secondary N) is 1. The largest absolute Gasteiger partial charge is 0.307 e. The van der Waals surface area contributed by atoms with Crippen LogP contribution < -0.4 is 5.32 Å².